The van der Waals surface area contributed by atoms with Crippen molar-refractivity contribution in [3.8, 4) is 5.75 Å². The van der Waals surface area contributed by atoms with Gasteiger partial charge in [-0.25, -0.2) is 0 Å². The Balaban J connectivity index is 1.95. The van der Waals surface area contributed by atoms with Crippen LogP contribution in [-0.4, -0.2) is 30.1 Å². The van der Waals surface area contributed by atoms with E-state index >= 15 is 0 Å². The van der Waals surface area contributed by atoms with Crippen molar-refractivity contribution < 1.29 is 19.4 Å². The fourth-order valence-electron chi connectivity index (χ4n) is 2.14. The largest absolute Gasteiger partial charge is 0.482 e. The molecule has 0 saturated carbocycles. The van der Waals surface area contributed by atoms with Gasteiger partial charge < -0.3 is 14.7 Å². The van der Waals surface area contributed by atoms with Crippen LogP contribution in [0.15, 0.2) is 18.2 Å². The number of anilines is 1. The lowest BCUT2D eigenvalue weighted by atomic mass is 10.1. The number of carboxylic acids is 1. The molecule has 1 aliphatic heterocycles. The molecule has 0 saturated heterocycles. The second-order valence-electron chi connectivity index (χ2n) is 4.65. The number of fused-ring (bicyclic) bond motifs is 1. The van der Waals surface area contributed by atoms with Crippen molar-refractivity contribution in [3.63, 3.8) is 0 Å². The fraction of sp³-hybridized carbons (Fsp3) is 0.429. The van der Waals surface area contributed by atoms with Gasteiger partial charge in [0.05, 0.1) is 5.69 Å². The first-order chi connectivity index (χ1) is 9.58. The maximum absolute atomic E-state index is 11.9. The van der Waals surface area contributed by atoms with Gasteiger partial charge in [0.2, 0.25) is 0 Å². The fourth-order valence-corrected chi connectivity index (χ4v) is 2.31. The summed E-state index contributed by atoms with van der Waals surface area (Å²) in [5.74, 6) is -0.234. The number of hydrogen-bond acceptors (Lipinski definition) is 3. The second-order valence-corrected chi connectivity index (χ2v) is 5.09. The zero-order valence-corrected chi connectivity index (χ0v) is 11.7. The molecule has 1 aromatic rings. The van der Waals surface area contributed by atoms with Crippen LogP contribution in [0.1, 0.15) is 25.7 Å². The molecule has 0 aliphatic carbocycles. The van der Waals surface area contributed by atoms with Crippen molar-refractivity contribution in [2.24, 2.45) is 0 Å². The highest BCUT2D eigenvalue weighted by atomic mass is 35.5. The van der Waals surface area contributed by atoms with Crippen LogP contribution in [0.5, 0.6) is 5.75 Å². The molecule has 2 rings (SSSR count). The minimum absolute atomic E-state index is 0.0315. The van der Waals surface area contributed by atoms with Crippen molar-refractivity contribution in [1.82, 2.24) is 0 Å². The molecular formula is C14H16ClNO4. The molecule has 1 aromatic carbocycles. The summed E-state index contributed by atoms with van der Waals surface area (Å²) >= 11 is 5.95. The highest BCUT2D eigenvalue weighted by molar-refractivity contribution is 6.31. The molecule has 108 valence electrons. The summed E-state index contributed by atoms with van der Waals surface area (Å²) in [5.41, 5.74) is 0.687. The number of rotatable bonds is 6. The van der Waals surface area contributed by atoms with Crippen molar-refractivity contribution in [1.29, 1.82) is 0 Å². The van der Waals surface area contributed by atoms with Gasteiger partial charge in [-0.3, -0.25) is 9.59 Å². The van der Waals surface area contributed by atoms with Crippen molar-refractivity contribution in [2.45, 2.75) is 25.7 Å². The monoisotopic (exact) mass is 297 g/mol. The first-order valence-electron chi connectivity index (χ1n) is 6.52. The van der Waals surface area contributed by atoms with E-state index in [0.29, 0.717) is 29.4 Å². The van der Waals surface area contributed by atoms with Crippen molar-refractivity contribution in [2.75, 3.05) is 18.1 Å². The minimum atomic E-state index is -0.787. The van der Waals surface area contributed by atoms with E-state index in [4.69, 9.17) is 21.4 Å². The third-order valence-corrected chi connectivity index (χ3v) is 3.37. The summed E-state index contributed by atoms with van der Waals surface area (Å²) in [5, 5.41) is 9.12. The number of carbonyl (C=O) groups excluding carboxylic acids is 1. The van der Waals surface area contributed by atoms with Gasteiger partial charge in [0, 0.05) is 18.0 Å². The number of benzene rings is 1. The first-order valence-corrected chi connectivity index (χ1v) is 6.90. The third-order valence-electron chi connectivity index (χ3n) is 3.14. The Morgan fingerprint density at radius 1 is 1.35 bits per heavy atom. The number of carboxylic acid groups (broad SMARTS) is 1. The van der Waals surface area contributed by atoms with Crippen LogP contribution >= 0.6 is 11.6 Å². The number of halogens is 1. The Hall–Kier alpha value is -1.75. The molecule has 0 aromatic heterocycles. The summed E-state index contributed by atoms with van der Waals surface area (Å²) in [4.78, 5) is 24.0. The molecule has 0 bridgehead atoms. The normalized spacial score (nSPS) is 13.8. The maximum Gasteiger partial charge on any atom is 0.303 e. The van der Waals surface area contributed by atoms with Gasteiger partial charge in [0.15, 0.2) is 6.61 Å². The van der Waals surface area contributed by atoms with E-state index in [-0.39, 0.29) is 18.9 Å². The zero-order chi connectivity index (χ0) is 14.5. The molecule has 6 heteroatoms. The standard InChI is InChI=1S/C14H16ClNO4/c15-10-5-6-12-11(8-10)16(13(17)9-20-12)7-3-1-2-4-14(18)19/h5-6,8H,1-4,7,9H2,(H,18,19). The maximum atomic E-state index is 11.9. The molecule has 5 nitrogen and oxygen atoms in total. The number of nitrogens with zero attached hydrogens (tertiary/aromatic N) is 1. The van der Waals surface area contributed by atoms with Crippen molar-refractivity contribution in [3.05, 3.63) is 23.2 Å². The molecule has 0 radical (unpaired) electrons. The van der Waals surface area contributed by atoms with Gasteiger partial charge in [0.1, 0.15) is 5.75 Å². The summed E-state index contributed by atoms with van der Waals surface area (Å²) in [6.07, 6.45) is 2.31. The molecule has 0 atom stereocenters. The molecule has 0 spiro atoms. The predicted molar refractivity (Wildman–Crippen MR) is 75.4 cm³/mol. The van der Waals surface area contributed by atoms with E-state index in [1.807, 2.05) is 0 Å². The smallest absolute Gasteiger partial charge is 0.303 e. The van der Waals surface area contributed by atoms with E-state index in [0.717, 1.165) is 12.8 Å². The van der Waals surface area contributed by atoms with E-state index in [1.54, 1.807) is 23.1 Å². The predicted octanol–water partition coefficient (Wildman–Crippen LogP) is 2.71. The molecule has 1 heterocycles. The van der Waals surface area contributed by atoms with Gasteiger partial charge in [-0.1, -0.05) is 18.0 Å². The second kappa shape index (κ2) is 6.61. The van der Waals surface area contributed by atoms with Crippen LogP contribution in [-0.2, 0) is 9.59 Å². The van der Waals surface area contributed by atoms with Crippen LogP contribution < -0.4 is 9.64 Å². The molecule has 1 amide bonds. The van der Waals surface area contributed by atoms with E-state index in [9.17, 15) is 9.59 Å². The highest BCUT2D eigenvalue weighted by Crippen LogP contribution is 2.34. The number of ether oxygens (including phenoxy) is 1. The first kappa shape index (κ1) is 14.7. The topological polar surface area (TPSA) is 66.8 Å². The van der Waals surface area contributed by atoms with Crippen molar-refractivity contribution >= 4 is 29.2 Å². The summed E-state index contributed by atoms with van der Waals surface area (Å²) in [6, 6.07) is 5.19. The lowest BCUT2D eigenvalue weighted by Gasteiger charge is -2.29. The van der Waals surface area contributed by atoms with Crippen LogP contribution in [0.25, 0.3) is 0 Å². The number of amides is 1. The Morgan fingerprint density at radius 2 is 2.15 bits per heavy atom. The minimum Gasteiger partial charge on any atom is -0.482 e. The molecule has 0 fully saturated rings. The molecule has 20 heavy (non-hydrogen) atoms. The average molecular weight is 298 g/mol. The van der Waals surface area contributed by atoms with Gasteiger partial charge in [-0.05, 0) is 31.0 Å². The number of unbranched alkanes of at least 4 members (excludes halogenated alkanes) is 2. The Labute approximate surface area is 122 Å². The molecule has 1 aliphatic rings. The van der Waals surface area contributed by atoms with Crippen LogP contribution in [0, 0.1) is 0 Å². The zero-order valence-electron chi connectivity index (χ0n) is 11.0. The van der Waals surface area contributed by atoms with Gasteiger partial charge in [-0.2, -0.15) is 0 Å². The van der Waals surface area contributed by atoms with Gasteiger partial charge >= 0.3 is 5.97 Å². The SMILES string of the molecule is O=C(O)CCCCCN1C(=O)COc2ccc(Cl)cc21. The molecular weight excluding hydrogens is 282 g/mol. The number of aliphatic carboxylic acids is 1. The van der Waals surface area contributed by atoms with E-state index < -0.39 is 5.97 Å². The quantitative estimate of drug-likeness (QED) is 0.820. The average Bonchev–Trinajstić information content (AvgIpc) is 2.40. The van der Waals surface area contributed by atoms with Gasteiger partial charge in [0.25, 0.3) is 5.91 Å². The third kappa shape index (κ3) is 3.63. The van der Waals surface area contributed by atoms with Gasteiger partial charge in [-0.15, -0.1) is 0 Å². The summed E-state index contributed by atoms with van der Waals surface area (Å²) < 4.78 is 5.35. The lowest BCUT2D eigenvalue weighted by Crippen LogP contribution is -2.39. The molecule has 0 unspecified atom stereocenters. The Bertz CT molecular complexity index is 518. The Kier molecular flexibility index (Phi) is 4.84. The highest BCUT2D eigenvalue weighted by Gasteiger charge is 2.25. The van der Waals surface area contributed by atoms with E-state index in [1.165, 1.54) is 0 Å². The van der Waals surface area contributed by atoms with Crippen LogP contribution in [0.4, 0.5) is 5.69 Å². The summed E-state index contributed by atoms with van der Waals surface area (Å²) in [6.45, 7) is 0.582. The lowest BCUT2D eigenvalue weighted by molar-refractivity contribution is -0.137. The molecule has 1 N–H and O–H groups in total. The Morgan fingerprint density at radius 3 is 2.90 bits per heavy atom. The van der Waals surface area contributed by atoms with Crippen LogP contribution in [0.3, 0.4) is 0 Å². The number of carbonyl (C=O) groups is 2. The number of hydrogen-bond donors (Lipinski definition) is 1. The van der Waals surface area contributed by atoms with E-state index in [2.05, 4.69) is 0 Å². The summed E-state index contributed by atoms with van der Waals surface area (Å²) in [7, 11) is 0. The van der Waals surface area contributed by atoms with Crippen LogP contribution in [0.2, 0.25) is 5.02 Å².